The summed E-state index contributed by atoms with van der Waals surface area (Å²) in [5.74, 6) is -2.98. The largest absolute Gasteiger partial charge is 0.451 e. The average Bonchev–Trinajstić information content (AvgIpc) is 3.23. The van der Waals surface area contributed by atoms with E-state index < -0.39 is 29.6 Å². The molecular weight excluding hydrogens is 452 g/mol. The van der Waals surface area contributed by atoms with Crippen LogP contribution in [-0.2, 0) is 31.0 Å². The van der Waals surface area contributed by atoms with Gasteiger partial charge in [-0.1, -0.05) is 31.0 Å². The van der Waals surface area contributed by atoms with Gasteiger partial charge >= 0.3 is 5.97 Å². The summed E-state index contributed by atoms with van der Waals surface area (Å²) in [6, 6.07) is 7.85. The highest BCUT2D eigenvalue weighted by molar-refractivity contribution is 6.08. The third-order valence-electron chi connectivity index (χ3n) is 7.07. The van der Waals surface area contributed by atoms with E-state index in [1.54, 1.807) is 42.9 Å². The summed E-state index contributed by atoms with van der Waals surface area (Å²) >= 11 is 0. The molecule has 1 aliphatic heterocycles. The number of benzene rings is 1. The molecule has 0 spiro atoms. The van der Waals surface area contributed by atoms with Gasteiger partial charge in [-0.25, -0.2) is 9.48 Å². The molecule has 3 amide bonds. The molecule has 0 radical (unpaired) electrons. The van der Waals surface area contributed by atoms with Crippen molar-refractivity contribution in [3.8, 4) is 5.69 Å². The number of nitrogens with zero attached hydrogens (tertiary/aromatic N) is 3. The zero-order valence-corrected chi connectivity index (χ0v) is 20.3. The Labute approximate surface area is 202 Å². The quantitative estimate of drug-likeness (QED) is 0.496. The van der Waals surface area contributed by atoms with Crippen LogP contribution in [0.1, 0.15) is 45.2 Å². The van der Waals surface area contributed by atoms with Gasteiger partial charge in [0.2, 0.25) is 11.8 Å². The molecule has 10 nitrogen and oxygen atoms in total. The molecule has 0 bridgehead atoms. The standard InChI is InChI=1S/C25H30N4O6/c1-14-20(24(33)29(27(14)4)17-10-6-5-7-11-17)26-21(30)16(3)35-25(34)15(2)28-22(31)18-12-8-9-13-19(18)23(28)32/h5-7,10-11,15-16,18-19H,8-9,12-13H2,1-4H3,(H,26,30). The Morgan fingerprint density at radius 1 is 1.00 bits per heavy atom. The smallest absolute Gasteiger partial charge is 0.329 e. The van der Waals surface area contributed by atoms with Crippen LogP contribution in [0, 0.1) is 18.8 Å². The first-order chi connectivity index (χ1) is 16.6. The van der Waals surface area contributed by atoms with Crippen molar-refractivity contribution in [2.45, 2.75) is 58.6 Å². The lowest BCUT2D eigenvalue weighted by atomic mass is 9.81. The number of likely N-dealkylation sites (tertiary alicyclic amines) is 1. The van der Waals surface area contributed by atoms with E-state index in [1.165, 1.54) is 18.5 Å². The zero-order valence-electron chi connectivity index (χ0n) is 20.3. The maximum Gasteiger partial charge on any atom is 0.329 e. The number of amides is 3. The molecule has 1 saturated heterocycles. The van der Waals surface area contributed by atoms with Crippen LogP contribution in [0.25, 0.3) is 5.69 Å². The highest BCUT2D eigenvalue weighted by Crippen LogP contribution is 2.39. The number of hydrogen-bond donors (Lipinski definition) is 1. The van der Waals surface area contributed by atoms with Gasteiger partial charge in [0.25, 0.3) is 11.5 Å². The number of anilines is 1. The third kappa shape index (κ3) is 4.28. The van der Waals surface area contributed by atoms with E-state index in [4.69, 9.17) is 4.74 Å². The Morgan fingerprint density at radius 3 is 2.14 bits per heavy atom. The second kappa shape index (κ2) is 9.52. The van der Waals surface area contributed by atoms with Crippen molar-refractivity contribution >= 4 is 29.4 Å². The van der Waals surface area contributed by atoms with Crippen LogP contribution in [0.5, 0.6) is 0 Å². The Kier molecular flexibility index (Phi) is 6.64. The van der Waals surface area contributed by atoms with E-state index in [2.05, 4.69) is 5.32 Å². The summed E-state index contributed by atoms with van der Waals surface area (Å²) in [4.78, 5) is 65.1. The fourth-order valence-electron chi connectivity index (χ4n) is 4.94. The van der Waals surface area contributed by atoms with E-state index in [0.29, 0.717) is 24.2 Å². The van der Waals surface area contributed by atoms with Crippen LogP contribution in [0.15, 0.2) is 35.1 Å². The van der Waals surface area contributed by atoms with Gasteiger partial charge in [-0.2, -0.15) is 0 Å². The van der Waals surface area contributed by atoms with Crippen molar-refractivity contribution in [2.75, 3.05) is 5.32 Å². The fraction of sp³-hybridized carbons (Fsp3) is 0.480. The van der Waals surface area contributed by atoms with Crippen molar-refractivity contribution < 1.29 is 23.9 Å². The minimum atomic E-state index is -1.25. The molecule has 2 fully saturated rings. The van der Waals surface area contributed by atoms with Crippen molar-refractivity contribution in [1.29, 1.82) is 0 Å². The highest BCUT2D eigenvalue weighted by atomic mass is 16.5. The summed E-state index contributed by atoms with van der Waals surface area (Å²) in [7, 11) is 1.70. The summed E-state index contributed by atoms with van der Waals surface area (Å²) in [5, 5.41) is 2.56. The van der Waals surface area contributed by atoms with Crippen LogP contribution in [0.4, 0.5) is 5.69 Å². The number of imide groups is 1. The second-order valence-corrected chi connectivity index (χ2v) is 9.22. The minimum Gasteiger partial charge on any atom is -0.451 e. The monoisotopic (exact) mass is 482 g/mol. The lowest BCUT2D eigenvalue weighted by Gasteiger charge is -2.23. The minimum absolute atomic E-state index is 0.0753. The maximum absolute atomic E-state index is 13.0. The molecule has 4 rings (SSSR count). The molecule has 1 aromatic heterocycles. The fourth-order valence-corrected chi connectivity index (χ4v) is 4.94. The van der Waals surface area contributed by atoms with Gasteiger partial charge in [0.15, 0.2) is 6.10 Å². The maximum atomic E-state index is 13.0. The van der Waals surface area contributed by atoms with E-state index in [9.17, 15) is 24.0 Å². The van der Waals surface area contributed by atoms with E-state index in [-0.39, 0.29) is 29.3 Å². The number of ether oxygens (including phenoxy) is 1. The lowest BCUT2D eigenvalue weighted by Crippen LogP contribution is -2.46. The SMILES string of the molecule is Cc1c(NC(=O)C(C)OC(=O)C(C)N2C(=O)C3CCCCC3C2=O)c(=O)n(-c2ccccc2)n1C. The molecule has 1 saturated carbocycles. The molecule has 35 heavy (non-hydrogen) atoms. The molecule has 2 aromatic rings. The zero-order chi connectivity index (χ0) is 25.4. The third-order valence-corrected chi connectivity index (χ3v) is 7.07. The molecule has 186 valence electrons. The van der Waals surface area contributed by atoms with E-state index >= 15 is 0 Å². The summed E-state index contributed by atoms with van der Waals surface area (Å²) in [5.41, 5.74) is 0.811. The second-order valence-electron chi connectivity index (χ2n) is 9.22. The number of aromatic nitrogens is 2. The van der Waals surface area contributed by atoms with Crippen LogP contribution in [0.3, 0.4) is 0 Å². The molecule has 4 atom stereocenters. The molecule has 2 aliphatic rings. The van der Waals surface area contributed by atoms with Gasteiger partial charge in [-0.3, -0.25) is 28.8 Å². The number of fused-ring (bicyclic) bond motifs is 1. The Bertz CT molecular complexity index is 1210. The predicted molar refractivity (Wildman–Crippen MR) is 127 cm³/mol. The van der Waals surface area contributed by atoms with Crippen molar-refractivity contribution in [2.24, 2.45) is 18.9 Å². The summed E-state index contributed by atoms with van der Waals surface area (Å²) in [6.07, 6.45) is 1.81. The van der Waals surface area contributed by atoms with Gasteiger partial charge in [-0.05, 0) is 45.7 Å². The number of rotatable bonds is 6. The Balaban J connectivity index is 1.45. The van der Waals surface area contributed by atoms with Crippen LogP contribution in [-0.4, -0.2) is 50.1 Å². The van der Waals surface area contributed by atoms with Gasteiger partial charge < -0.3 is 10.1 Å². The topological polar surface area (TPSA) is 120 Å². The van der Waals surface area contributed by atoms with E-state index in [1.807, 2.05) is 6.07 Å². The molecule has 4 unspecified atom stereocenters. The average molecular weight is 483 g/mol. The Morgan fingerprint density at radius 2 is 1.57 bits per heavy atom. The van der Waals surface area contributed by atoms with Crippen molar-refractivity contribution in [1.82, 2.24) is 14.3 Å². The van der Waals surface area contributed by atoms with Crippen molar-refractivity contribution in [3.63, 3.8) is 0 Å². The molecular formula is C25H30N4O6. The number of para-hydroxylation sites is 1. The molecule has 10 heteroatoms. The normalized spacial score (nSPS) is 21.4. The first kappa shape index (κ1) is 24.4. The number of carbonyl (C=O) groups is 4. The first-order valence-corrected chi connectivity index (χ1v) is 11.9. The number of esters is 1. The number of hydrogen-bond acceptors (Lipinski definition) is 6. The lowest BCUT2D eigenvalue weighted by molar-refractivity contribution is -0.163. The molecule has 1 aromatic carbocycles. The number of carbonyl (C=O) groups excluding carboxylic acids is 4. The number of nitrogens with one attached hydrogen (secondary N) is 1. The van der Waals surface area contributed by atoms with Crippen LogP contribution >= 0.6 is 0 Å². The van der Waals surface area contributed by atoms with Gasteiger partial charge in [-0.15, -0.1) is 0 Å². The molecule has 1 N–H and O–H groups in total. The van der Waals surface area contributed by atoms with E-state index in [0.717, 1.165) is 17.7 Å². The van der Waals surface area contributed by atoms with Crippen LogP contribution < -0.4 is 10.9 Å². The summed E-state index contributed by atoms with van der Waals surface area (Å²) in [6.45, 7) is 4.50. The van der Waals surface area contributed by atoms with Gasteiger partial charge in [0.05, 0.1) is 23.2 Å². The Hall–Kier alpha value is -3.69. The first-order valence-electron chi connectivity index (χ1n) is 11.9. The molecule has 1 aliphatic carbocycles. The molecule has 2 heterocycles. The van der Waals surface area contributed by atoms with Crippen molar-refractivity contribution in [3.05, 3.63) is 46.4 Å². The highest BCUT2D eigenvalue weighted by Gasteiger charge is 2.51. The predicted octanol–water partition coefficient (Wildman–Crippen LogP) is 1.92. The van der Waals surface area contributed by atoms with Gasteiger partial charge in [0.1, 0.15) is 11.7 Å². The summed E-state index contributed by atoms with van der Waals surface area (Å²) < 4.78 is 8.34. The van der Waals surface area contributed by atoms with Crippen LogP contribution in [0.2, 0.25) is 0 Å². The van der Waals surface area contributed by atoms with Gasteiger partial charge in [0, 0.05) is 7.05 Å².